The van der Waals surface area contributed by atoms with Crippen LogP contribution in [0.25, 0.3) is 0 Å². The first-order valence-corrected chi connectivity index (χ1v) is 7.85. The quantitative estimate of drug-likeness (QED) is 0.842. The summed E-state index contributed by atoms with van der Waals surface area (Å²) in [5.41, 5.74) is 4.18. The number of carbonyl (C=O) groups is 1. The summed E-state index contributed by atoms with van der Waals surface area (Å²) in [4.78, 5) is 17.2. The summed E-state index contributed by atoms with van der Waals surface area (Å²) in [6, 6.07) is 16.2. The van der Waals surface area contributed by atoms with Crippen molar-refractivity contribution in [1.82, 2.24) is 0 Å². The molecule has 3 nitrogen and oxygen atoms in total. The molecule has 0 saturated heterocycles. The molecule has 1 atom stereocenters. The third-order valence-electron chi connectivity index (χ3n) is 4.50. The first kappa shape index (κ1) is 14.6. The molecular formula is C19H22N2O. The van der Waals surface area contributed by atoms with E-state index in [4.69, 9.17) is 0 Å². The second-order valence-electron chi connectivity index (χ2n) is 5.88. The predicted molar refractivity (Wildman–Crippen MR) is 91.8 cm³/mol. The van der Waals surface area contributed by atoms with Gasteiger partial charge in [-0.1, -0.05) is 37.3 Å². The Hall–Kier alpha value is -2.29. The van der Waals surface area contributed by atoms with Crippen molar-refractivity contribution >= 4 is 17.3 Å². The van der Waals surface area contributed by atoms with Crippen molar-refractivity contribution in [2.45, 2.75) is 26.3 Å². The molecule has 1 unspecified atom stereocenters. The van der Waals surface area contributed by atoms with Crippen LogP contribution in [-0.2, 0) is 6.42 Å². The average Bonchev–Trinajstić information content (AvgIpc) is 2.57. The second-order valence-corrected chi connectivity index (χ2v) is 5.88. The van der Waals surface area contributed by atoms with Gasteiger partial charge in [0.05, 0.1) is 11.4 Å². The molecule has 0 spiro atoms. The highest BCUT2D eigenvalue weighted by molar-refractivity contribution is 6.09. The number of likely N-dealkylation sites (N-methyl/N-ethyl adjacent to an activating group) is 1. The smallest absolute Gasteiger partial charge is 0.258 e. The zero-order chi connectivity index (χ0) is 15.7. The van der Waals surface area contributed by atoms with E-state index in [9.17, 15) is 4.79 Å². The van der Waals surface area contributed by atoms with Crippen LogP contribution in [-0.4, -0.2) is 25.5 Å². The number of para-hydroxylation sites is 1. The minimum absolute atomic E-state index is 0.0858. The molecule has 0 fully saturated rings. The fourth-order valence-corrected chi connectivity index (χ4v) is 3.10. The number of nitrogens with zero attached hydrogens (tertiary/aromatic N) is 2. The summed E-state index contributed by atoms with van der Waals surface area (Å²) in [7, 11) is 2.10. The Morgan fingerprint density at radius 3 is 2.55 bits per heavy atom. The number of rotatable bonds is 2. The summed E-state index contributed by atoms with van der Waals surface area (Å²) >= 11 is 0. The molecule has 3 rings (SSSR count). The van der Waals surface area contributed by atoms with Gasteiger partial charge in [-0.15, -0.1) is 0 Å². The lowest BCUT2D eigenvalue weighted by molar-refractivity contribution is 0.0984. The van der Waals surface area contributed by atoms with Crippen LogP contribution in [0, 0.1) is 0 Å². The number of anilines is 2. The van der Waals surface area contributed by atoms with Gasteiger partial charge in [0.15, 0.2) is 0 Å². The normalized spacial score (nSPS) is 17.3. The number of amides is 1. The van der Waals surface area contributed by atoms with Crippen LogP contribution >= 0.6 is 0 Å². The molecule has 0 aromatic heterocycles. The largest absolute Gasteiger partial charge is 0.368 e. The lowest BCUT2D eigenvalue weighted by Gasteiger charge is -2.41. The molecule has 0 bridgehead atoms. The fraction of sp³-hybridized carbons (Fsp3) is 0.316. The number of benzene rings is 2. The molecule has 22 heavy (non-hydrogen) atoms. The van der Waals surface area contributed by atoms with Crippen molar-refractivity contribution in [3.8, 4) is 0 Å². The number of hydrogen-bond donors (Lipinski definition) is 0. The molecule has 1 aliphatic rings. The number of carbonyl (C=O) groups excluding carboxylic acids is 1. The Morgan fingerprint density at radius 2 is 1.86 bits per heavy atom. The van der Waals surface area contributed by atoms with Crippen molar-refractivity contribution in [3.63, 3.8) is 0 Å². The highest BCUT2D eigenvalue weighted by Crippen LogP contribution is 2.38. The van der Waals surface area contributed by atoms with Gasteiger partial charge in [0, 0.05) is 25.2 Å². The van der Waals surface area contributed by atoms with Crippen molar-refractivity contribution < 1.29 is 4.79 Å². The van der Waals surface area contributed by atoms with Crippen LogP contribution < -0.4 is 9.80 Å². The summed E-state index contributed by atoms with van der Waals surface area (Å²) < 4.78 is 0. The molecule has 2 aromatic rings. The highest BCUT2D eigenvalue weighted by Gasteiger charge is 2.31. The molecular weight excluding hydrogens is 272 g/mol. The van der Waals surface area contributed by atoms with E-state index in [0.29, 0.717) is 12.6 Å². The molecule has 1 aliphatic heterocycles. The number of aryl methyl sites for hydroxylation is 1. The molecule has 0 N–H and O–H groups in total. The van der Waals surface area contributed by atoms with Crippen molar-refractivity contribution in [1.29, 1.82) is 0 Å². The van der Waals surface area contributed by atoms with E-state index in [1.54, 1.807) is 0 Å². The molecule has 1 heterocycles. The third kappa shape index (κ3) is 2.37. The van der Waals surface area contributed by atoms with Gasteiger partial charge in [-0.2, -0.15) is 0 Å². The summed E-state index contributed by atoms with van der Waals surface area (Å²) in [6.07, 6.45) is 0.921. The molecule has 0 saturated carbocycles. The van der Waals surface area contributed by atoms with Gasteiger partial charge in [0.25, 0.3) is 5.91 Å². The van der Waals surface area contributed by atoms with Gasteiger partial charge in [-0.05, 0) is 37.1 Å². The van der Waals surface area contributed by atoms with Gasteiger partial charge in [-0.25, -0.2) is 0 Å². The van der Waals surface area contributed by atoms with E-state index in [1.807, 2.05) is 35.2 Å². The lowest BCUT2D eigenvalue weighted by atomic mass is 10.0. The van der Waals surface area contributed by atoms with E-state index < -0.39 is 0 Å². The number of hydrogen-bond acceptors (Lipinski definition) is 2. The van der Waals surface area contributed by atoms with Gasteiger partial charge < -0.3 is 9.80 Å². The van der Waals surface area contributed by atoms with Crippen LogP contribution in [0.2, 0.25) is 0 Å². The van der Waals surface area contributed by atoms with Crippen LogP contribution in [0.4, 0.5) is 11.4 Å². The van der Waals surface area contributed by atoms with Crippen molar-refractivity contribution in [2.24, 2.45) is 0 Å². The maximum Gasteiger partial charge on any atom is 0.258 e. The summed E-state index contributed by atoms with van der Waals surface area (Å²) in [6.45, 7) is 5.01. The van der Waals surface area contributed by atoms with Crippen molar-refractivity contribution in [3.05, 3.63) is 59.7 Å². The Balaban J connectivity index is 2.10. The maximum absolute atomic E-state index is 13.0. The van der Waals surface area contributed by atoms with Gasteiger partial charge in [-0.3, -0.25) is 4.79 Å². The minimum atomic E-state index is 0.0858. The first-order chi connectivity index (χ1) is 10.6. The lowest BCUT2D eigenvalue weighted by Crippen LogP contribution is -2.48. The zero-order valence-electron chi connectivity index (χ0n) is 13.4. The highest BCUT2D eigenvalue weighted by atomic mass is 16.2. The summed E-state index contributed by atoms with van der Waals surface area (Å²) in [5, 5.41) is 0. The Labute approximate surface area is 132 Å². The summed E-state index contributed by atoms with van der Waals surface area (Å²) in [5.74, 6) is 0.0858. The SMILES string of the molecule is CCc1cccc2c1N(C(=O)c1ccccc1)CC(C)N2C. The Kier molecular flexibility index (Phi) is 3.88. The maximum atomic E-state index is 13.0. The molecule has 0 aliphatic carbocycles. The van der Waals surface area contributed by atoms with Crippen LogP contribution in [0.5, 0.6) is 0 Å². The molecule has 3 heteroatoms. The minimum Gasteiger partial charge on any atom is -0.368 e. The molecule has 1 amide bonds. The Morgan fingerprint density at radius 1 is 1.14 bits per heavy atom. The zero-order valence-corrected chi connectivity index (χ0v) is 13.4. The molecule has 2 aromatic carbocycles. The first-order valence-electron chi connectivity index (χ1n) is 7.85. The third-order valence-corrected chi connectivity index (χ3v) is 4.50. The van der Waals surface area contributed by atoms with E-state index in [0.717, 1.165) is 23.4 Å². The Bertz CT molecular complexity index is 681. The van der Waals surface area contributed by atoms with Gasteiger partial charge >= 0.3 is 0 Å². The monoisotopic (exact) mass is 294 g/mol. The standard InChI is InChI=1S/C19H22N2O/c1-4-15-11-8-12-17-18(15)21(13-14(2)20(17)3)19(22)16-9-6-5-7-10-16/h5-12,14H,4,13H2,1-3H3. The second kappa shape index (κ2) is 5.84. The molecule has 0 radical (unpaired) electrons. The van der Waals surface area contributed by atoms with E-state index >= 15 is 0 Å². The van der Waals surface area contributed by atoms with E-state index in [-0.39, 0.29) is 5.91 Å². The van der Waals surface area contributed by atoms with Crippen LogP contribution in [0.1, 0.15) is 29.8 Å². The van der Waals surface area contributed by atoms with Crippen LogP contribution in [0.3, 0.4) is 0 Å². The van der Waals surface area contributed by atoms with Gasteiger partial charge in [0.2, 0.25) is 0 Å². The topological polar surface area (TPSA) is 23.6 Å². The van der Waals surface area contributed by atoms with Gasteiger partial charge in [0.1, 0.15) is 0 Å². The predicted octanol–water partition coefficient (Wildman–Crippen LogP) is 3.73. The van der Waals surface area contributed by atoms with E-state index in [2.05, 4.69) is 44.0 Å². The fourth-order valence-electron chi connectivity index (χ4n) is 3.10. The molecule has 114 valence electrons. The number of fused-ring (bicyclic) bond motifs is 1. The average molecular weight is 294 g/mol. The van der Waals surface area contributed by atoms with Crippen molar-refractivity contribution in [2.75, 3.05) is 23.4 Å². The van der Waals surface area contributed by atoms with E-state index in [1.165, 1.54) is 5.56 Å². The van der Waals surface area contributed by atoms with Crippen LogP contribution in [0.15, 0.2) is 48.5 Å².